The van der Waals surface area contributed by atoms with Crippen LogP contribution in [-0.2, 0) is 27.1 Å². The Morgan fingerprint density at radius 3 is 2.58 bits per heavy atom. The molecule has 0 spiro atoms. The lowest BCUT2D eigenvalue weighted by molar-refractivity contribution is -0.148. The minimum atomic E-state index is -0.361. The summed E-state index contributed by atoms with van der Waals surface area (Å²) in [6, 6.07) is 0.124. The fourth-order valence-electron chi connectivity index (χ4n) is 4.50. The predicted octanol–water partition coefficient (Wildman–Crippen LogP) is 1.52. The van der Waals surface area contributed by atoms with Crippen LogP contribution in [0.5, 0.6) is 0 Å². The quantitative estimate of drug-likeness (QED) is 0.643. The fraction of sp³-hybridized carbons (Fsp3) is 0.636. The van der Waals surface area contributed by atoms with Crippen molar-refractivity contribution in [3.05, 3.63) is 40.5 Å². The van der Waals surface area contributed by atoms with Gasteiger partial charge >= 0.3 is 11.7 Å². The maximum absolute atomic E-state index is 13.1. The van der Waals surface area contributed by atoms with Gasteiger partial charge in [0.2, 0.25) is 0 Å². The van der Waals surface area contributed by atoms with Crippen molar-refractivity contribution in [2.24, 2.45) is 0 Å². The number of rotatable bonds is 6. The summed E-state index contributed by atoms with van der Waals surface area (Å²) in [6.45, 7) is 5.15. The standard InChI is InChI=1S/C22H31N5O4/c1-3-25-10-8-18-19(9-11-25)24-20(14-23-18)27-13-12-26(22(27)29)16-4-6-17(7-5-16)31-15-21(28)30-2/h12-14,16-17H,3-11,15H2,1-2H3/t16-,17-. The van der Waals surface area contributed by atoms with Gasteiger partial charge in [0.05, 0.1) is 30.8 Å². The zero-order chi connectivity index (χ0) is 21.8. The lowest BCUT2D eigenvalue weighted by Crippen LogP contribution is -2.31. The number of nitrogens with zero attached hydrogens (tertiary/aromatic N) is 5. The van der Waals surface area contributed by atoms with E-state index in [1.165, 1.54) is 7.11 Å². The lowest BCUT2D eigenvalue weighted by atomic mass is 9.93. The van der Waals surface area contributed by atoms with Gasteiger partial charge in [-0.3, -0.25) is 14.1 Å². The molecule has 9 heteroatoms. The molecule has 168 valence electrons. The molecule has 2 aromatic rings. The highest BCUT2D eigenvalue weighted by molar-refractivity contribution is 5.70. The third-order valence-electron chi connectivity index (χ3n) is 6.45. The molecule has 0 bridgehead atoms. The lowest BCUT2D eigenvalue weighted by Gasteiger charge is -2.28. The van der Waals surface area contributed by atoms with Crippen LogP contribution in [-0.4, -0.2) is 69.4 Å². The second-order valence-electron chi connectivity index (χ2n) is 8.23. The summed E-state index contributed by atoms with van der Waals surface area (Å²) in [4.78, 5) is 36.2. The van der Waals surface area contributed by atoms with E-state index in [0.717, 1.165) is 69.5 Å². The Kier molecular flexibility index (Phi) is 6.82. The second kappa shape index (κ2) is 9.74. The molecule has 9 nitrogen and oxygen atoms in total. The van der Waals surface area contributed by atoms with E-state index in [2.05, 4.69) is 21.5 Å². The first-order chi connectivity index (χ1) is 15.1. The molecular weight excluding hydrogens is 398 g/mol. The molecule has 0 N–H and O–H groups in total. The summed E-state index contributed by atoms with van der Waals surface area (Å²) in [5.41, 5.74) is 1.95. The van der Waals surface area contributed by atoms with E-state index in [9.17, 15) is 9.59 Å². The molecule has 0 saturated heterocycles. The highest BCUT2D eigenvalue weighted by Gasteiger charge is 2.25. The Hall–Kier alpha value is -2.52. The minimum absolute atomic E-state index is 0.0187. The van der Waals surface area contributed by atoms with Gasteiger partial charge in [-0.1, -0.05) is 6.92 Å². The van der Waals surface area contributed by atoms with Gasteiger partial charge in [-0.15, -0.1) is 0 Å². The summed E-state index contributed by atoms with van der Waals surface area (Å²) >= 11 is 0. The van der Waals surface area contributed by atoms with E-state index in [-0.39, 0.29) is 30.4 Å². The van der Waals surface area contributed by atoms with E-state index < -0.39 is 0 Å². The van der Waals surface area contributed by atoms with Gasteiger partial charge in [0, 0.05) is 44.4 Å². The topological polar surface area (TPSA) is 91.5 Å². The summed E-state index contributed by atoms with van der Waals surface area (Å²) in [7, 11) is 1.36. The van der Waals surface area contributed by atoms with E-state index in [1.807, 2.05) is 6.20 Å². The predicted molar refractivity (Wildman–Crippen MR) is 114 cm³/mol. The van der Waals surface area contributed by atoms with Crippen LogP contribution in [0, 0.1) is 0 Å². The Morgan fingerprint density at radius 1 is 1.13 bits per heavy atom. The van der Waals surface area contributed by atoms with Crippen molar-refractivity contribution in [2.75, 3.05) is 33.4 Å². The number of esters is 1. The number of ether oxygens (including phenoxy) is 2. The smallest absolute Gasteiger partial charge is 0.334 e. The van der Waals surface area contributed by atoms with Crippen molar-refractivity contribution in [3.8, 4) is 5.82 Å². The minimum Gasteiger partial charge on any atom is -0.467 e. The van der Waals surface area contributed by atoms with Crippen LogP contribution >= 0.6 is 0 Å². The number of fused-ring (bicyclic) bond motifs is 1. The molecule has 4 rings (SSSR count). The Balaban J connectivity index is 1.43. The molecule has 2 aliphatic rings. The molecule has 31 heavy (non-hydrogen) atoms. The summed E-state index contributed by atoms with van der Waals surface area (Å²) in [5.74, 6) is 0.224. The number of imidazole rings is 1. The van der Waals surface area contributed by atoms with Gasteiger partial charge in [0.1, 0.15) is 6.61 Å². The number of hydrogen-bond donors (Lipinski definition) is 0. The van der Waals surface area contributed by atoms with E-state index in [1.54, 1.807) is 21.5 Å². The van der Waals surface area contributed by atoms with Crippen molar-refractivity contribution in [1.82, 2.24) is 24.0 Å². The first-order valence-corrected chi connectivity index (χ1v) is 11.1. The highest BCUT2D eigenvalue weighted by atomic mass is 16.6. The molecule has 0 atom stereocenters. The first-order valence-electron chi connectivity index (χ1n) is 11.1. The summed E-state index contributed by atoms with van der Waals surface area (Å²) in [6.07, 6.45) is 10.4. The third-order valence-corrected chi connectivity index (χ3v) is 6.45. The summed E-state index contributed by atoms with van der Waals surface area (Å²) in [5, 5.41) is 0. The average Bonchev–Trinajstić information content (AvgIpc) is 3.06. The van der Waals surface area contributed by atoms with Crippen molar-refractivity contribution in [3.63, 3.8) is 0 Å². The monoisotopic (exact) mass is 429 g/mol. The molecule has 2 aromatic heterocycles. The molecule has 1 aliphatic carbocycles. The maximum Gasteiger partial charge on any atom is 0.334 e. The largest absolute Gasteiger partial charge is 0.467 e. The van der Waals surface area contributed by atoms with Crippen LogP contribution < -0.4 is 5.69 Å². The summed E-state index contributed by atoms with van der Waals surface area (Å²) < 4.78 is 13.6. The second-order valence-corrected chi connectivity index (χ2v) is 8.23. The number of aromatic nitrogens is 4. The molecule has 1 saturated carbocycles. The van der Waals surface area contributed by atoms with Crippen molar-refractivity contribution < 1.29 is 14.3 Å². The molecule has 0 radical (unpaired) electrons. The van der Waals surface area contributed by atoms with Gasteiger partial charge < -0.3 is 14.4 Å². The molecule has 0 amide bonds. The molecule has 1 fully saturated rings. The highest BCUT2D eigenvalue weighted by Crippen LogP contribution is 2.29. The number of hydrogen-bond acceptors (Lipinski definition) is 7. The zero-order valence-electron chi connectivity index (χ0n) is 18.3. The van der Waals surface area contributed by atoms with Crippen LogP contribution in [0.25, 0.3) is 5.82 Å². The van der Waals surface area contributed by atoms with E-state index >= 15 is 0 Å². The molecule has 0 unspecified atom stereocenters. The molecule has 1 aliphatic heterocycles. The van der Waals surface area contributed by atoms with Crippen LogP contribution in [0.2, 0.25) is 0 Å². The maximum atomic E-state index is 13.1. The zero-order valence-corrected chi connectivity index (χ0v) is 18.3. The number of carbonyl (C=O) groups excluding carboxylic acids is 1. The van der Waals surface area contributed by atoms with E-state index in [0.29, 0.717) is 5.82 Å². The van der Waals surface area contributed by atoms with Crippen LogP contribution in [0.3, 0.4) is 0 Å². The average molecular weight is 430 g/mol. The van der Waals surface area contributed by atoms with Crippen molar-refractivity contribution >= 4 is 5.97 Å². The SMILES string of the molecule is CCN1CCc2ncc(-n3ccn([C@H]4CC[C@H](OCC(=O)OC)CC4)c3=O)nc2CC1. The Labute approximate surface area is 182 Å². The molecule has 3 heterocycles. The fourth-order valence-corrected chi connectivity index (χ4v) is 4.50. The normalized spacial score (nSPS) is 22.0. The van der Waals surface area contributed by atoms with Gasteiger partial charge in [0.25, 0.3) is 0 Å². The Morgan fingerprint density at radius 2 is 1.87 bits per heavy atom. The number of carbonyl (C=O) groups is 1. The van der Waals surface area contributed by atoms with Gasteiger partial charge in [0.15, 0.2) is 5.82 Å². The molecule has 0 aromatic carbocycles. The van der Waals surface area contributed by atoms with Gasteiger partial charge in [-0.2, -0.15) is 0 Å². The number of likely N-dealkylation sites (N-methyl/N-ethyl adjacent to an activating group) is 1. The van der Waals surface area contributed by atoms with Gasteiger partial charge in [-0.25, -0.2) is 14.6 Å². The number of methoxy groups -OCH3 is 1. The van der Waals surface area contributed by atoms with E-state index in [4.69, 9.17) is 9.72 Å². The van der Waals surface area contributed by atoms with Crippen molar-refractivity contribution in [1.29, 1.82) is 0 Å². The van der Waals surface area contributed by atoms with Crippen molar-refractivity contribution in [2.45, 2.75) is 57.6 Å². The van der Waals surface area contributed by atoms with Crippen LogP contribution in [0.1, 0.15) is 50.0 Å². The molecular formula is C22H31N5O4. The first kappa shape index (κ1) is 21.7. The van der Waals surface area contributed by atoms with Gasteiger partial charge in [-0.05, 0) is 32.2 Å². The van der Waals surface area contributed by atoms with Crippen LogP contribution in [0.4, 0.5) is 0 Å². The van der Waals surface area contributed by atoms with Crippen LogP contribution in [0.15, 0.2) is 23.4 Å². The Bertz CT molecular complexity index is 961. The third kappa shape index (κ3) is 4.88.